The normalized spacial score (nSPS) is 19.1. The van der Waals surface area contributed by atoms with Crippen LogP contribution < -0.4 is 10.6 Å². The molecule has 0 saturated heterocycles. The van der Waals surface area contributed by atoms with E-state index in [0.29, 0.717) is 10.6 Å². The van der Waals surface area contributed by atoms with Gasteiger partial charge < -0.3 is 5.32 Å². The summed E-state index contributed by atoms with van der Waals surface area (Å²) < 4.78 is 0. The van der Waals surface area contributed by atoms with Crippen molar-refractivity contribution in [2.24, 2.45) is 0 Å². The number of nitro benzene ring substituents is 1. The van der Waals surface area contributed by atoms with Crippen molar-refractivity contribution in [2.75, 3.05) is 12.4 Å². The van der Waals surface area contributed by atoms with Crippen LogP contribution in [-0.2, 0) is 4.79 Å². The lowest BCUT2D eigenvalue weighted by molar-refractivity contribution is -0.384. The van der Waals surface area contributed by atoms with E-state index in [1.807, 2.05) is 0 Å². The fourth-order valence-corrected chi connectivity index (χ4v) is 2.95. The van der Waals surface area contributed by atoms with E-state index in [4.69, 9.17) is 0 Å². The maximum atomic E-state index is 12.0. The summed E-state index contributed by atoms with van der Waals surface area (Å²) in [5.74, 6) is 0.0553. The minimum Gasteiger partial charge on any atom is -0.339 e. The minimum absolute atomic E-state index is 0.0166. The zero-order valence-corrected chi connectivity index (χ0v) is 11.5. The Bertz CT molecular complexity index is 576. The minimum atomic E-state index is -0.540. The molecule has 1 aliphatic heterocycles. The number of carbonyl (C=O) groups excluding carboxylic acids is 2. The molecular formula is C12H13N3O4S. The standard InChI is InChI=1S/C12H13N3O4S/c1-7(16)10-5-20-11-3-2-8(15(18)19)4-9(11)12(17)14-6-13-10/h2-4,10,13H,5-6H2,1H3,(H,14,17)/t10-/m0/s1. The summed E-state index contributed by atoms with van der Waals surface area (Å²) in [5, 5.41) is 16.3. The molecule has 1 atom stereocenters. The van der Waals surface area contributed by atoms with Crippen molar-refractivity contribution in [1.29, 1.82) is 0 Å². The molecule has 0 unspecified atom stereocenters. The van der Waals surface area contributed by atoms with E-state index in [9.17, 15) is 19.7 Å². The van der Waals surface area contributed by atoms with Crippen LogP contribution >= 0.6 is 11.8 Å². The van der Waals surface area contributed by atoms with E-state index in [0.717, 1.165) is 0 Å². The number of Topliss-reactive ketones (excluding diaryl/α,β-unsaturated/α-hetero) is 1. The summed E-state index contributed by atoms with van der Waals surface area (Å²) in [6, 6.07) is 3.79. The highest BCUT2D eigenvalue weighted by Gasteiger charge is 2.22. The van der Waals surface area contributed by atoms with Crippen molar-refractivity contribution >= 4 is 29.1 Å². The van der Waals surface area contributed by atoms with Crippen molar-refractivity contribution in [3.63, 3.8) is 0 Å². The lowest BCUT2D eigenvalue weighted by atomic mass is 10.2. The van der Waals surface area contributed by atoms with Crippen LogP contribution in [0.4, 0.5) is 5.69 Å². The van der Waals surface area contributed by atoms with E-state index in [1.54, 1.807) is 6.07 Å². The Morgan fingerprint density at radius 2 is 2.25 bits per heavy atom. The van der Waals surface area contributed by atoms with E-state index < -0.39 is 10.8 Å². The number of amides is 1. The molecule has 1 heterocycles. The molecule has 0 aliphatic carbocycles. The van der Waals surface area contributed by atoms with Crippen molar-refractivity contribution < 1.29 is 14.5 Å². The Morgan fingerprint density at radius 3 is 2.90 bits per heavy atom. The van der Waals surface area contributed by atoms with Gasteiger partial charge >= 0.3 is 0 Å². The Kier molecular flexibility index (Phi) is 4.35. The van der Waals surface area contributed by atoms with Crippen molar-refractivity contribution in [1.82, 2.24) is 10.6 Å². The third-order valence-corrected chi connectivity index (χ3v) is 4.08. The van der Waals surface area contributed by atoms with Crippen LogP contribution in [0.3, 0.4) is 0 Å². The van der Waals surface area contributed by atoms with Gasteiger partial charge in [-0.1, -0.05) is 0 Å². The Hall–Kier alpha value is -1.93. The van der Waals surface area contributed by atoms with Gasteiger partial charge in [0.05, 0.1) is 23.2 Å². The molecule has 0 spiro atoms. The molecule has 0 fully saturated rings. The number of non-ortho nitro benzene ring substituents is 1. The van der Waals surface area contributed by atoms with Crippen molar-refractivity contribution in [2.45, 2.75) is 17.9 Å². The molecule has 0 aromatic heterocycles. The summed E-state index contributed by atoms with van der Waals surface area (Å²) in [7, 11) is 0. The van der Waals surface area contributed by atoms with Crippen molar-refractivity contribution in [3.05, 3.63) is 33.9 Å². The van der Waals surface area contributed by atoms with Gasteiger partial charge in [-0.3, -0.25) is 25.0 Å². The number of hydrogen-bond acceptors (Lipinski definition) is 6. The third kappa shape index (κ3) is 3.14. The lowest BCUT2D eigenvalue weighted by Gasteiger charge is -2.13. The van der Waals surface area contributed by atoms with E-state index in [1.165, 1.54) is 30.8 Å². The molecule has 8 heteroatoms. The molecule has 1 amide bonds. The van der Waals surface area contributed by atoms with Gasteiger partial charge in [-0.2, -0.15) is 0 Å². The van der Waals surface area contributed by atoms with Gasteiger partial charge in [-0.05, 0) is 13.0 Å². The molecule has 0 bridgehead atoms. The van der Waals surface area contributed by atoms with Crippen LogP contribution in [0.2, 0.25) is 0 Å². The van der Waals surface area contributed by atoms with E-state index in [-0.39, 0.29) is 29.7 Å². The van der Waals surface area contributed by atoms with Crippen molar-refractivity contribution in [3.8, 4) is 0 Å². The quantitative estimate of drug-likeness (QED) is 0.622. The first kappa shape index (κ1) is 14.5. The van der Waals surface area contributed by atoms with Gasteiger partial charge in [0, 0.05) is 22.8 Å². The first-order valence-electron chi connectivity index (χ1n) is 5.92. The lowest BCUT2D eigenvalue weighted by Crippen LogP contribution is -2.43. The number of nitro groups is 1. The van der Waals surface area contributed by atoms with Gasteiger partial charge in [0.2, 0.25) is 0 Å². The summed E-state index contributed by atoms with van der Waals surface area (Å²) in [6.07, 6.45) is 0. The van der Waals surface area contributed by atoms with E-state index in [2.05, 4.69) is 10.6 Å². The Balaban J connectivity index is 2.34. The first-order valence-corrected chi connectivity index (χ1v) is 6.91. The number of nitrogens with zero attached hydrogens (tertiary/aromatic N) is 1. The molecule has 0 radical (unpaired) electrons. The number of hydrogen-bond donors (Lipinski definition) is 2. The number of benzene rings is 1. The van der Waals surface area contributed by atoms with Crippen LogP contribution in [0.15, 0.2) is 23.1 Å². The molecule has 1 aromatic carbocycles. The second-order valence-electron chi connectivity index (χ2n) is 4.30. The molecule has 1 aliphatic rings. The molecule has 0 saturated carbocycles. The maximum absolute atomic E-state index is 12.0. The smallest absolute Gasteiger partial charge is 0.270 e. The van der Waals surface area contributed by atoms with Crippen LogP contribution in [0.5, 0.6) is 0 Å². The summed E-state index contributed by atoms with van der Waals surface area (Å²) >= 11 is 1.33. The number of thioether (sulfide) groups is 1. The summed E-state index contributed by atoms with van der Waals surface area (Å²) in [5.41, 5.74) is 0.130. The summed E-state index contributed by atoms with van der Waals surface area (Å²) in [6.45, 7) is 1.63. The second kappa shape index (κ2) is 6.02. The highest BCUT2D eigenvalue weighted by Crippen LogP contribution is 2.27. The number of ketones is 1. The number of carbonyl (C=O) groups is 2. The average Bonchev–Trinajstić information content (AvgIpc) is 2.48. The second-order valence-corrected chi connectivity index (χ2v) is 5.36. The van der Waals surface area contributed by atoms with E-state index >= 15 is 0 Å². The molecule has 7 nitrogen and oxygen atoms in total. The molecule has 20 heavy (non-hydrogen) atoms. The molecule has 1 aromatic rings. The largest absolute Gasteiger partial charge is 0.339 e. The molecule has 2 rings (SSSR count). The van der Waals surface area contributed by atoms with Crippen LogP contribution in [0.1, 0.15) is 17.3 Å². The van der Waals surface area contributed by atoms with Gasteiger partial charge in [0.1, 0.15) is 5.78 Å². The number of nitrogens with one attached hydrogen (secondary N) is 2. The predicted molar refractivity (Wildman–Crippen MR) is 73.8 cm³/mol. The monoisotopic (exact) mass is 295 g/mol. The fraction of sp³-hybridized carbons (Fsp3) is 0.333. The highest BCUT2D eigenvalue weighted by atomic mass is 32.2. The van der Waals surface area contributed by atoms with Gasteiger partial charge in [-0.15, -0.1) is 11.8 Å². The molecular weight excluding hydrogens is 282 g/mol. The van der Waals surface area contributed by atoms with Crippen LogP contribution in [-0.4, -0.2) is 35.1 Å². The predicted octanol–water partition coefficient (Wildman–Crippen LogP) is 0.935. The molecule has 2 N–H and O–H groups in total. The topological polar surface area (TPSA) is 101 Å². The zero-order valence-electron chi connectivity index (χ0n) is 10.7. The van der Waals surface area contributed by atoms with Gasteiger partial charge in [0.25, 0.3) is 11.6 Å². The Morgan fingerprint density at radius 1 is 1.50 bits per heavy atom. The first-order chi connectivity index (χ1) is 9.49. The highest BCUT2D eigenvalue weighted by molar-refractivity contribution is 7.99. The van der Waals surface area contributed by atoms with Crippen LogP contribution in [0, 0.1) is 10.1 Å². The van der Waals surface area contributed by atoms with Crippen LogP contribution in [0.25, 0.3) is 0 Å². The average molecular weight is 295 g/mol. The fourth-order valence-electron chi connectivity index (χ4n) is 1.78. The number of fused-ring (bicyclic) bond motifs is 1. The maximum Gasteiger partial charge on any atom is 0.270 e. The third-order valence-electron chi connectivity index (χ3n) is 2.91. The zero-order chi connectivity index (χ0) is 14.7. The number of rotatable bonds is 2. The van der Waals surface area contributed by atoms with Gasteiger partial charge in [0.15, 0.2) is 0 Å². The Labute approximate surface area is 119 Å². The molecule has 106 valence electrons. The van der Waals surface area contributed by atoms with Gasteiger partial charge in [-0.25, -0.2) is 0 Å². The summed E-state index contributed by atoms with van der Waals surface area (Å²) in [4.78, 5) is 34.3. The SMILES string of the molecule is CC(=O)[C@@H]1CSc2ccc([N+](=O)[O-])cc2C(=O)NCN1.